The first-order valence-corrected chi connectivity index (χ1v) is 6.57. The van der Waals surface area contributed by atoms with Crippen molar-refractivity contribution in [2.75, 3.05) is 0 Å². The standard InChI is InChI=1S/C12H21N5O3/c1-4-17-7-14-16-10(17)6-13-12(20)15-9(11(18)19)5-8(2)3/h7-9H,4-6H2,1-3H3,(H,18,19)(H2,13,15,20). The summed E-state index contributed by atoms with van der Waals surface area (Å²) in [5.41, 5.74) is 0. The van der Waals surface area contributed by atoms with Crippen molar-refractivity contribution in [3.63, 3.8) is 0 Å². The maximum atomic E-state index is 11.7. The monoisotopic (exact) mass is 283 g/mol. The van der Waals surface area contributed by atoms with E-state index in [0.717, 1.165) is 0 Å². The van der Waals surface area contributed by atoms with E-state index in [1.165, 1.54) is 0 Å². The fourth-order valence-electron chi connectivity index (χ4n) is 1.74. The second kappa shape index (κ2) is 7.46. The van der Waals surface area contributed by atoms with Crippen LogP contribution in [0.25, 0.3) is 0 Å². The molecule has 3 N–H and O–H groups in total. The normalized spacial score (nSPS) is 12.2. The molecule has 0 fully saturated rings. The first kappa shape index (κ1) is 15.9. The summed E-state index contributed by atoms with van der Waals surface area (Å²) >= 11 is 0. The third-order valence-corrected chi connectivity index (χ3v) is 2.75. The van der Waals surface area contributed by atoms with E-state index in [4.69, 9.17) is 5.11 Å². The molecule has 20 heavy (non-hydrogen) atoms. The van der Waals surface area contributed by atoms with Crippen molar-refractivity contribution in [2.45, 2.75) is 46.3 Å². The minimum Gasteiger partial charge on any atom is -0.480 e. The zero-order valence-corrected chi connectivity index (χ0v) is 12.0. The van der Waals surface area contributed by atoms with Crippen LogP contribution in [-0.4, -0.2) is 37.9 Å². The lowest BCUT2D eigenvalue weighted by Gasteiger charge is -2.16. The van der Waals surface area contributed by atoms with Gasteiger partial charge in [-0.15, -0.1) is 10.2 Å². The van der Waals surface area contributed by atoms with E-state index in [2.05, 4.69) is 20.8 Å². The van der Waals surface area contributed by atoms with Crippen molar-refractivity contribution in [3.8, 4) is 0 Å². The second-order valence-corrected chi connectivity index (χ2v) is 4.88. The summed E-state index contributed by atoms with van der Waals surface area (Å²) in [5, 5.41) is 21.7. The van der Waals surface area contributed by atoms with E-state index >= 15 is 0 Å². The Labute approximate surface area is 117 Å². The third-order valence-electron chi connectivity index (χ3n) is 2.75. The highest BCUT2D eigenvalue weighted by Crippen LogP contribution is 2.04. The van der Waals surface area contributed by atoms with E-state index in [-0.39, 0.29) is 12.5 Å². The molecule has 0 radical (unpaired) electrons. The number of aliphatic carboxylic acids is 1. The molecule has 1 heterocycles. The number of amides is 2. The van der Waals surface area contributed by atoms with Gasteiger partial charge in [-0.2, -0.15) is 0 Å². The molecule has 8 nitrogen and oxygen atoms in total. The molecule has 1 aromatic heterocycles. The zero-order valence-electron chi connectivity index (χ0n) is 12.0. The summed E-state index contributed by atoms with van der Waals surface area (Å²) in [4.78, 5) is 22.7. The van der Waals surface area contributed by atoms with E-state index in [1.807, 2.05) is 20.8 Å². The van der Waals surface area contributed by atoms with Gasteiger partial charge in [0.1, 0.15) is 12.4 Å². The number of carbonyl (C=O) groups is 2. The summed E-state index contributed by atoms with van der Waals surface area (Å²) in [6.45, 7) is 6.65. The molecule has 1 rings (SSSR count). The Hall–Kier alpha value is -2.12. The molecule has 0 bridgehead atoms. The number of rotatable bonds is 7. The van der Waals surface area contributed by atoms with Gasteiger partial charge in [-0.1, -0.05) is 13.8 Å². The minimum atomic E-state index is -1.04. The Balaban J connectivity index is 2.48. The molecule has 1 atom stereocenters. The fraction of sp³-hybridized carbons (Fsp3) is 0.667. The Morgan fingerprint density at radius 3 is 2.70 bits per heavy atom. The molecular formula is C12H21N5O3. The van der Waals surface area contributed by atoms with E-state index in [9.17, 15) is 9.59 Å². The molecule has 0 aromatic carbocycles. The van der Waals surface area contributed by atoms with Crippen LogP contribution in [0.5, 0.6) is 0 Å². The van der Waals surface area contributed by atoms with Crippen molar-refractivity contribution in [1.29, 1.82) is 0 Å². The molecule has 0 aliphatic carbocycles. The van der Waals surface area contributed by atoms with Gasteiger partial charge < -0.3 is 20.3 Å². The Kier molecular flexibility index (Phi) is 5.95. The number of nitrogens with one attached hydrogen (secondary N) is 2. The molecule has 1 unspecified atom stereocenters. The van der Waals surface area contributed by atoms with Crippen LogP contribution in [0.2, 0.25) is 0 Å². The molecule has 0 saturated heterocycles. The van der Waals surface area contributed by atoms with Crippen molar-refractivity contribution in [2.24, 2.45) is 5.92 Å². The Morgan fingerprint density at radius 1 is 1.45 bits per heavy atom. The van der Waals surface area contributed by atoms with Crippen molar-refractivity contribution in [1.82, 2.24) is 25.4 Å². The quantitative estimate of drug-likeness (QED) is 0.678. The van der Waals surface area contributed by atoms with Crippen LogP contribution < -0.4 is 10.6 Å². The molecule has 0 aliphatic heterocycles. The molecule has 1 aromatic rings. The van der Waals surface area contributed by atoms with Crippen LogP contribution in [0.1, 0.15) is 33.0 Å². The highest BCUT2D eigenvalue weighted by Gasteiger charge is 2.21. The number of carboxylic acids is 1. The average molecular weight is 283 g/mol. The van der Waals surface area contributed by atoms with E-state index in [0.29, 0.717) is 18.8 Å². The number of aryl methyl sites for hydroxylation is 1. The lowest BCUT2D eigenvalue weighted by molar-refractivity contribution is -0.139. The Bertz CT molecular complexity index is 458. The number of nitrogens with zero attached hydrogens (tertiary/aromatic N) is 3. The van der Waals surface area contributed by atoms with Gasteiger partial charge in [0.25, 0.3) is 0 Å². The summed E-state index contributed by atoms with van der Waals surface area (Å²) in [6, 6.07) is -1.41. The van der Waals surface area contributed by atoms with Crippen LogP contribution in [0.15, 0.2) is 6.33 Å². The number of carbonyl (C=O) groups excluding carboxylic acids is 1. The minimum absolute atomic E-state index is 0.180. The van der Waals surface area contributed by atoms with Gasteiger partial charge in [-0.3, -0.25) is 0 Å². The first-order valence-electron chi connectivity index (χ1n) is 6.57. The average Bonchev–Trinajstić information content (AvgIpc) is 2.82. The lowest BCUT2D eigenvalue weighted by atomic mass is 10.0. The molecule has 0 aliphatic rings. The van der Waals surface area contributed by atoms with Gasteiger partial charge >= 0.3 is 12.0 Å². The second-order valence-electron chi connectivity index (χ2n) is 4.88. The molecule has 8 heteroatoms. The summed E-state index contributed by atoms with van der Waals surface area (Å²) in [5.74, 6) is -0.233. The highest BCUT2D eigenvalue weighted by molar-refractivity contribution is 5.82. The van der Waals surface area contributed by atoms with Crippen molar-refractivity contribution >= 4 is 12.0 Å². The maximum absolute atomic E-state index is 11.7. The van der Waals surface area contributed by atoms with Gasteiger partial charge in [0.15, 0.2) is 5.82 Å². The largest absolute Gasteiger partial charge is 0.480 e. The number of hydrogen-bond donors (Lipinski definition) is 3. The van der Waals surface area contributed by atoms with E-state index < -0.39 is 18.0 Å². The van der Waals surface area contributed by atoms with Crippen LogP contribution in [0.3, 0.4) is 0 Å². The topological polar surface area (TPSA) is 109 Å². The summed E-state index contributed by atoms with van der Waals surface area (Å²) < 4.78 is 1.79. The predicted molar refractivity (Wildman–Crippen MR) is 71.9 cm³/mol. The molecular weight excluding hydrogens is 262 g/mol. The number of urea groups is 1. The lowest BCUT2D eigenvalue weighted by Crippen LogP contribution is -2.46. The molecule has 2 amide bonds. The summed E-state index contributed by atoms with van der Waals surface area (Å²) in [6.07, 6.45) is 1.96. The number of aromatic nitrogens is 3. The maximum Gasteiger partial charge on any atom is 0.326 e. The Morgan fingerprint density at radius 2 is 2.15 bits per heavy atom. The van der Waals surface area contributed by atoms with Crippen LogP contribution in [0.4, 0.5) is 4.79 Å². The van der Waals surface area contributed by atoms with Crippen molar-refractivity contribution in [3.05, 3.63) is 12.2 Å². The molecule has 0 saturated carbocycles. The van der Waals surface area contributed by atoms with Gasteiger partial charge in [-0.05, 0) is 19.3 Å². The van der Waals surface area contributed by atoms with Gasteiger partial charge in [0.05, 0.1) is 6.54 Å². The number of carboxylic acid groups (broad SMARTS) is 1. The number of hydrogen-bond acceptors (Lipinski definition) is 4. The smallest absolute Gasteiger partial charge is 0.326 e. The van der Waals surface area contributed by atoms with Gasteiger partial charge in [0, 0.05) is 6.54 Å². The van der Waals surface area contributed by atoms with Gasteiger partial charge in [0.2, 0.25) is 0 Å². The van der Waals surface area contributed by atoms with Crippen LogP contribution in [-0.2, 0) is 17.9 Å². The molecule has 0 spiro atoms. The first-order chi connectivity index (χ1) is 9.43. The van der Waals surface area contributed by atoms with Gasteiger partial charge in [-0.25, -0.2) is 9.59 Å². The SMILES string of the molecule is CCn1cnnc1CNC(=O)NC(CC(C)C)C(=O)O. The van der Waals surface area contributed by atoms with Crippen molar-refractivity contribution < 1.29 is 14.7 Å². The van der Waals surface area contributed by atoms with Crippen LogP contribution in [0, 0.1) is 5.92 Å². The van der Waals surface area contributed by atoms with E-state index in [1.54, 1.807) is 10.9 Å². The molecule has 112 valence electrons. The fourth-order valence-corrected chi connectivity index (χ4v) is 1.74. The third kappa shape index (κ3) is 4.87. The highest BCUT2D eigenvalue weighted by atomic mass is 16.4. The predicted octanol–water partition coefficient (Wildman–Crippen LogP) is 0.596. The zero-order chi connectivity index (χ0) is 15.1. The van der Waals surface area contributed by atoms with Crippen LogP contribution >= 0.6 is 0 Å². The summed E-state index contributed by atoms with van der Waals surface area (Å²) in [7, 11) is 0.